The van der Waals surface area contributed by atoms with Crippen molar-refractivity contribution in [1.82, 2.24) is 0 Å². The first-order valence-electron chi connectivity index (χ1n) is 6.40. The van der Waals surface area contributed by atoms with Gasteiger partial charge in [-0.1, -0.05) is 30.3 Å². The van der Waals surface area contributed by atoms with Crippen LogP contribution in [0.5, 0.6) is 11.5 Å². The first-order chi connectivity index (χ1) is 10.2. The van der Waals surface area contributed by atoms with Crippen molar-refractivity contribution in [2.45, 2.75) is 0 Å². The van der Waals surface area contributed by atoms with Gasteiger partial charge in [-0.05, 0) is 35.9 Å². The number of ether oxygens (including phenoxy) is 3. The van der Waals surface area contributed by atoms with Gasteiger partial charge >= 0.3 is 5.97 Å². The number of hydrogen-bond acceptors (Lipinski definition) is 4. The zero-order chi connectivity index (χ0) is 15.1. The maximum absolute atomic E-state index is 11.8. The quantitative estimate of drug-likeness (QED) is 0.480. The van der Waals surface area contributed by atoms with Gasteiger partial charge in [-0.15, -0.1) is 0 Å². The Bertz CT molecular complexity index is 615. The van der Waals surface area contributed by atoms with Crippen molar-refractivity contribution >= 4 is 12.0 Å². The maximum atomic E-state index is 11.8. The molecule has 0 unspecified atom stereocenters. The highest BCUT2D eigenvalue weighted by Gasteiger charge is 2.12. The van der Waals surface area contributed by atoms with Gasteiger partial charge in [-0.2, -0.15) is 0 Å². The third-order valence-electron chi connectivity index (χ3n) is 2.77. The highest BCUT2D eigenvalue weighted by Crippen LogP contribution is 2.18. The smallest absolute Gasteiger partial charge is 0.373 e. The topological polar surface area (TPSA) is 44.8 Å². The van der Waals surface area contributed by atoms with Crippen molar-refractivity contribution in [2.75, 3.05) is 14.2 Å². The first kappa shape index (κ1) is 14.7. The number of esters is 1. The Balaban J connectivity index is 2.26. The minimum absolute atomic E-state index is 0.119. The van der Waals surface area contributed by atoms with Crippen molar-refractivity contribution in [3.63, 3.8) is 0 Å². The molecular weight excluding hydrogens is 268 g/mol. The normalized spacial score (nSPS) is 10.9. The molecule has 0 radical (unpaired) electrons. The zero-order valence-electron chi connectivity index (χ0n) is 11.9. The molecule has 0 aliphatic rings. The molecule has 0 amide bonds. The van der Waals surface area contributed by atoms with Crippen molar-refractivity contribution < 1.29 is 19.0 Å². The molecule has 2 aromatic carbocycles. The summed E-state index contributed by atoms with van der Waals surface area (Å²) in [6.45, 7) is 0. The molecule has 0 fully saturated rings. The number of hydrogen-bond donors (Lipinski definition) is 0. The summed E-state index contributed by atoms with van der Waals surface area (Å²) in [5, 5.41) is 0. The van der Waals surface area contributed by atoms with E-state index in [1.54, 1.807) is 25.3 Å². The molecule has 0 saturated heterocycles. The summed E-state index contributed by atoms with van der Waals surface area (Å²) in [5.41, 5.74) is 0.812. The summed E-state index contributed by atoms with van der Waals surface area (Å²) in [6.07, 6.45) is 1.62. The molecule has 21 heavy (non-hydrogen) atoms. The van der Waals surface area contributed by atoms with E-state index in [4.69, 9.17) is 14.2 Å². The Morgan fingerprint density at radius 1 is 0.905 bits per heavy atom. The van der Waals surface area contributed by atoms with Gasteiger partial charge in [0.1, 0.15) is 11.5 Å². The van der Waals surface area contributed by atoms with E-state index in [0.717, 1.165) is 11.3 Å². The molecule has 0 aromatic heterocycles. The molecule has 2 rings (SSSR count). The first-order valence-corrected chi connectivity index (χ1v) is 6.40. The fraction of sp³-hybridized carbons (Fsp3) is 0.118. The lowest BCUT2D eigenvalue weighted by atomic mass is 10.2. The number of carbonyl (C=O) groups is 1. The van der Waals surface area contributed by atoms with Gasteiger partial charge in [0.05, 0.1) is 14.2 Å². The van der Waals surface area contributed by atoms with Gasteiger partial charge in [0.25, 0.3) is 0 Å². The second-order valence-corrected chi connectivity index (χ2v) is 4.19. The lowest BCUT2D eigenvalue weighted by molar-refractivity contribution is -0.138. The van der Waals surface area contributed by atoms with Crippen LogP contribution in [-0.2, 0) is 9.53 Å². The summed E-state index contributed by atoms with van der Waals surface area (Å²) < 4.78 is 15.4. The van der Waals surface area contributed by atoms with Crippen molar-refractivity contribution in [2.24, 2.45) is 0 Å². The van der Waals surface area contributed by atoms with E-state index in [2.05, 4.69) is 0 Å². The highest BCUT2D eigenvalue weighted by molar-refractivity contribution is 5.91. The number of para-hydroxylation sites is 1. The summed E-state index contributed by atoms with van der Waals surface area (Å²) in [7, 11) is 2.92. The minimum atomic E-state index is -0.533. The van der Waals surface area contributed by atoms with E-state index in [0.29, 0.717) is 5.75 Å². The van der Waals surface area contributed by atoms with Gasteiger partial charge < -0.3 is 14.2 Å². The summed E-state index contributed by atoms with van der Waals surface area (Å²) in [6, 6.07) is 16.3. The Hall–Kier alpha value is -2.75. The fourth-order valence-electron chi connectivity index (χ4n) is 1.70. The molecule has 4 nitrogen and oxygen atoms in total. The lowest BCUT2D eigenvalue weighted by Crippen LogP contribution is -2.10. The second-order valence-electron chi connectivity index (χ2n) is 4.19. The SMILES string of the molecule is COC(=O)/C(=C/c1ccc(OC)cc1)Oc1ccccc1. The van der Waals surface area contributed by atoms with Gasteiger partial charge in [0.2, 0.25) is 5.76 Å². The van der Waals surface area contributed by atoms with Crippen molar-refractivity contribution in [3.05, 3.63) is 65.9 Å². The number of rotatable bonds is 5. The Morgan fingerprint density at radius 3 is 2.14 bits per heavy atom. The molecule has 0 saturated carbocycles. The fourth-order valence-corrected chi connectivity index (χ4v) is 1.70. The highest BCUT2D eigenvalue weighted by atomic mass is 16.6. The standard InChI is InChI=1S/C17H16O4/c1-19-14-10-8-13(9-11-14)12-16(17(18)20-2)21-15-6-4-3-5-7-15/h3-12H,1-2H3/b16-12-. The predicted octanol–water partition coefficient (Wildman–Crippen LogP) is 3.29. The predicted molar refractivity (Wildman–Crippen MR) is 80.1 cm³/mol. The van der Waals surface area contributed by atoms with E-state index in [1.807, 2.05) is 42.5 Å². The third-order valence-corrected chi connectivity index (χ3v) is 2.77. The average Bonchev–Trinajstić information content (AvgIpc) is 2.55. The number of methoxy groups -OCH3 is 2. The summed E-state index contributed by atoms with van der Waals surface area (Å²) >= 11 is 0. The summed E-state index contributed by atoms with van der Waals surface area (Å²) in [4.78, 5) is 11.8. The van der Waals surface area contributed by atoms with Crippen LogP contribution in [0.15, 0.2) is 60.4 Å². The lowest BCUT2D eigenvalue weighted by Gasteiger charge is -2.08. The van der Waals surface area contributed by atoms with Crippen molar-refractivity contribution in [1.29, 1.82) is 0 Å². The van der Waals surface area contributed by atoms with Crippen LogP contribution >= 0.6 is 0 Å². The van der Waals surface area contributed by atoms with Gasteiger partial charge in [0.15, 0.2) is 0 Å². The number of carbonyl (C=O) groups excluding carboxylic acids is 1. The molecule has 108 valence electrons. The molecule has 0 aliphatic carbocycles. The van der Waals surface area contributed by atoms with E-state index in [-0.39, 0.29) is 5.76 Å². The van der Waals surface area contributed by atoms with Gasteiger partial charge in [0, 0.05) is 0 Å². The van der Waals surface area contributed by atoms with Crippen LogP contribution in [0.1, 0.15) is 5.56 Å². The van der Waals surface area contributed by atoms with Crippen LogP contribution in [0, 0.1) is 0 Å². The monoisotopic (exact) mass is 284 g/mol. The third kappa shape index (κ3) is 4.11. The van der Waals surface area contributed by atoms with Gasteiger partial charge in [-0.3, -0.25) is 0 Å². The maximum Gasteiger partial charge on any atom is 0.373 e. The largest absolute Gasteiger partial charge is 0.497 e. The Kier molecular flexibility index (Phi) is 4.99. The van der Waals surface area contributed by atoms with Crippen molar-refractivity contribution in [3.8, 4) is 11.5 Å². The molecule has 0 spiro atoms. The Labute approximate surface area is 123 Å². The average molecular weight is 284 g/mol. The van der Waals surface area contributed by atoms with Crippen LogP contribution < -0.4 is 9.47 Å². The van der Waals surface area contributed by atoms with Crippen LogP contribution in [0.2, 0.25) is 0 Å². The van der Waals surface area contributed by atoms with Crippen LogP contribution in [0.4, 0.5) is 0 Å². The molecule has 0 bridgehead atoms. The molecule has 0 atom stereocenters. The molecule has 0 heterocycles. The number of benzene rings is 2. The molecular formula is C17H16O4. The molecule has 0 aliphatic heterocycles. The van der Waals surface area contributed by atoms with Crippen LogP contribution in [0.25, 0.3) is 6.08 Å². The van der Waals surface area contributed by atoms with Gasteiger partial charge in [-0.25, -0.2) is 4.79 Å². The van der Waals surface area contributed by atoms with E-state index < -0.39 is 5.97 Å². The zero-order valence-corrected chi connectivity index (χ0v) is 11.9. The Morgan fingerprint density at radius 2 is 1.57 bits per heavy atom. The molecule has 2 aromatic rings. The van der Waals surface area contributed by atoms with E-state index in [9.17, 15) is 4.79 Å². The van der Waals surface area contributed by atoms with E-state index >= 15 is 0 Å². The summed E-state index contributed by atoms with van der Waals surface area (Å²) in [5.74, 6) is 0.905. The van der Waals surface area contributed by atoms with Crippen LogP contribution in [-0.4, -0.2) is 20.2 Å². The minimum Gasteiger partial charge on any atom is -0.497 e. The van der Waals surface area contributed by atoms with E-state index in [1.165, 1.54) is 7.11 Å². The van der Waals surface area contributed by atoms with Crippen LogP contribution in [0.3, 0.4) is 0 Å². The second kappa shape index (κ2) is 7.14. The molecule has 0 N–H and O–H groups in total. The molecule has 4 heteroatoms.